The first-order valence-electron chi connectivity index (χ1n) is 8.15. The van der Waals surface area contributed by atoms with Crippen LogP contribution >= 0.6 is 35.4 Å². The van der Waals surface area contributed by atoms with Crippen LogP contribution in [0, 0.1) is 0 Å². The summed E-state index contributed by atoms with van der Waals surface area (Å²) in [5.74, 6) is 0.307. The maximum Gasteiger partial charge on any atom is 0.179 e. The molecule has 3 aromatic carbocycles. The summed E-state index contributed by atoms with van der Waals surface area (Å²) in [4.78, 5) is 2.18. The molecule has 130 valence electrons. The maximum absolute atomic E-state index is 6.28. The Labute approximate surface area is 167 Å². The van der Waals surface area contributed by atoms with E-state index in [0.29, 0.717) is 20.8 Å². The van der Waals surface area contributed by atoms with Gasteiger partial charge in [-0.25, -0.2) is 0 Å². The van der Waals surface area contributed by atoms with Crippen molar-refractivity contribution in [2.45, 2.75) is 5.92 Å². The summed E-state index contributed by atoms with van der Waals surface area (Å²) in [5, 5.41) is 1.25. The topological polar surface area (TPSA) is 12.5 Å². The Bertz CT molecular complexity index is 957. The largest absolute Gasteiger partial charge is 0.448 e. The zero-order valence-corrected chi connectivity index (χ0v) is 16.3. The van der Waals surface area contributed by atoms with Crippen LogP contribution in [-0.2, 0) is 0 Å². The van der Waals surface area contributed by atoms with E-state index in [4.69, 9.17) is 40.2 Å². The van der Waals surface area contributed by atoms with Crippen LogP contribution in [0.4, 0.5) is 11.4 Å². The van der Waals surface area contributed by atoms with E-state index in [2.05, 4.69) is 36.2 Å². The molecule has 0 atom stereocenters. The van der Waals surface area contributed by atoms with Gasteiger partial charge >= 0.3 is 0 Å². The molecule has 0 aliphatic carbocycles. The maximum atomic E-state index is 6.28. The van der Waals surface area contributed by atoms with Crippen molar-refractivity contribution in [3.8, 4) is 5.75 Å². The molecule has 0 aromatic heterocycles. The normalized spacial score (nSPS) is 13.1. The Morgan fingerprint density at radius 2 is 1.46 bits per heavy atom. The lowest BCUT2D eigenvalue weighted by atomic mass is 9.85. The summed E-state index contributed by atoms with van der Waals surface area (Å²) >= 11 is 18.1. The van der Waals surface area contributed by atoms with Gasteiger partial charge in [-0.15, -0.1) is 0 Å². The van der Waals surface area contributed by atoms with Crippen molar-refractivity contribution < 1.29 is 4.74 Å². The van der Waals surface area contributed by atoms with Crippen molar-refractivity contribution in [3.05, 3.63) is 87.9 Å². The highest BCUT2D eigenvalue weighted by Crippen LogP contribution is 2.45. The zero-order chi connectivity index (χ0) is 18.3. The molecular weight excluding hydrogens is 385 g/mol. The highest BCUT2D eigenvalue weighted by atomic mass is 35.5. The van der Waals surface area contributed by atoms with Crippen LogP contribution in [0.25, 0.3) is 0 Å². The second-order valence-electron chi connectivity index (χ2n) is 6.08. The van der Waals surface area contributed by atoms with E-state index < -0.39 is 0 Å². The van der Waals surface area contributed by atoms with Crippen LogP contribution in [0.2, 0.25) is 10.0 Å². The summed E-state index contributed by atoms with van der Waals surface area (Å²) in [6.07, 6.45) is 0. The Balaban J connectivity index is 1.80. The van der Waals surface area contributed by atoms with Gasteiger partial charge in [-0.3, -0.25) is 0 Å². The fourth-order valence-corrected chi connectivity index (χ4v) is 4.03. The molecule has 0 spiro atoms. The lowest BCUT2D eigenvalue weighted by Gasteiger charge is -2.35. The number of anilines is 2. The summed E-state index contributed by atoms with van der Waals surface area (Å²) in [7, 11) is 2.06. The molecule has 1 aliphatic rings. The number of hydrogen-bond donors (Lipinski definition) is 0. The standard InChI is InChI=1S/C21H15Cl2NOS/c1-24-16-10-4-2-7-13(16)19(14-8-3-5-11-17(14)24)21(26)25-18-12-6-9-15(22)20(18)23/h2-12,19H,1H3. The van der Waals surface area contributed by atoms with Gasteiger partial charge < -0.3 is 9.64 Å². The summed E-state index contributed by atoms with van der Waals surface area (Å²) < 4.78 is 6.01. The Morgan fingerprint density at radius 3 is 2.08 bits per heavy atom. The molecule has 1 aliphatic heterocycles. The second kappa shape index (κ2) is 6.92. The fourth-order valence-electron chi connectivity index (χ4n) is 3.36. The van der Waals surface area contributed by atoms with E-state index in [1.807, 2.05) is 24.3 Å². The Morgan fingerprint density at radius 1 is 0.885 bits per heavy atom. The quantitative estimate of drug-likeness (QED) is 0.449. The van der Waals surface area contributed by atoms with Crippen LogP contribution < -0.4 is 9.64 Å². The number of ether oxygens (including phenoxy) is 1. The molecule has 0 N–H and O–H groups in total. The van der Waals surface area contributed by atoms with E-state index in [0.717, 1.165) is 22.5 Å². The predicted molar refractivity (Wildman–Crippen MR) is 112 cm³/mol. The molecule has 5 heteroatoms. The zero-order valence-electron chi connectivity index (χ0n) is 13.9. The fraction of sp³-hybridized carbons (Fsp3) is 0.0952. The monoisotopic (exact) mass is 399 g/mol. The SMILES string of the molecule is CN1c2ccccc2C(C(=S)Oc2cccc(Cl)c2Cl)c2ccccc21. The van der Waals surface area contributed by atoms with Gasteiger partial charge in [-0.1, -0.05) is 65.7 Å². The number of rotatable bonds is 2. The van der Waals surface area contributed by atoms with Crippen molar-refractivity contribution in [2.75, 3.05) is 11.9 Å². The van der Waals surface area contributed by atoms with Gasteiger partial charge in [-0.2, -0.15) is 0 Å². The van der Waals surface area contributed by atoms with Crippen LogP contribution in [0.1, 0.15) is 17.0 Å². The number of para-hydroxylation sites is 2. The highest BCUT2D eigenvalue weighted by molar-refractivity contribution is 7.80. The minimum atomic E-state index is -0.163. The van der Waals surface area contributed by atoms with Gasteiger partial charge in [-0.05, 0) is 47.6 Å². The lowest BCUT2D eigenvalue weighted by Crippen LogP contribution is -2.27. The van der Waals surface area contributed by atoms with E-state index in [-0.39, 0.29) is 5.92 Å². The van der Waals surface area contributed by atoms with Gasteiger partial charge in [0.05, 0.1) is 10.9 Å². The predicted octanol–water partition coefficient (Wildman–Crippen LogP) is 6.61. The van der Waals surface area contributed by atoms with Gasteiger partial charge in [0.25, 0.3) is 0 Å². The summed E-state index contributed by atoms with van der Waals surface area (Å²) in [5.41, 5.74) is 4.44. The molecule has 2 nitrogen and oxygen atoms in total. The lowest BCUT2D eigenvalue weighted by molar-refractivity contribution is 0.543. The smallest absolute Gasteiger partial charge is 0.179 e. The molecule has 0 bridgehead atoms. The van der Waals surface area contributed by atoms with E-state index in [1.165, 1.54) is 0 Å². The van der Waals surface area contributed by atoms with Crippen molar-refractivity contribution >= 4 is 51.8 Å². The number of halogens is 2. The van der Waals surface area contributed by atoms with E-state index in [9.17, 15) is 0 Å². The molecule has 3 aromatic rings. The number of thiocarbonyl (C=S) groups is 1. The van der Waals surface area contributed by atoms with Crippen molar-refractivity contribution in [1.29, 1.82) is 0 Å². The number of fused-ring (bicyclic) bond motifs is 2. The van der Waals surface area contributed by atoms with Gasteiger partial charge in [0.1, 0.15) is 10.8 Å². The van der Waals surface area contributed by atoms with Crippen LogP contribution in [0.3, 0.4) is 0 Å². The molecular formula is C21H15Cl2NOS. The molecule has 0 saturated heterocycles. The van der Waals surface area contributed by atoms with Crippen LogP contribution in [0.15, 0.2) is 66.7 Å². The van der Waals surface area contributed by atoms with Crippen molar-refractivity contribution in [3.63, 3.8) is 0 Å². The van der Waals surface area contributed by atoms with Crippen LogP contribution in [0.5, 0.6) is 5.75 Å². The highest BCUT2D eigenvalue weighted by Gasteiger charge is 2.32. The second-order valence-corrected chi connectivity index (χ2v) is 7.27. The van der Waals surface area contributed by atoms with Crippen LogP contribution in [-0.4, -0.2) is 12.1 Å². The molecule has 0 amide bonds. The van der Waals surface area contributed by atoms with Crippen molar-refractivity contribution in [1.82, 2.24) is 0 Å². The molecule has 0 radical (unpaired) electrons. The van der Waals surface area contributed by atoms with Gasteiger partial charge in [0, 0.05) is 18.4 Å². The molecule has 4 rings (SSSR count). The van der Waals surface area contributed by atoms with E-state index in [1.54, 1.807) is 18.2 Å². The molecule has 1 heterocycles. The third kappa shape index (κ3) is 2.86. The number of benzene rings is 3. The summed E-state index contributed by atoms with van der Waals surface area (Å²) in [6, 6.07) is 21.7. The third-order valence-corrected chi connectivity index (χ3v) is 5.70. The first-order valence-corrected chi connectivity index (χ1v) is 9.31. The first kappa shape index (κ1) is 17.3. The minimum Gasteiger partial charge on any atom is -0.448 e. The molecule has 26 heavy (non-hydrogen) atoms. The Hall–Kier alpha value is -2.07. The first-order chi connectivity index (χ1) is 12.6. The average molecular weight is 400 g/mol. The third-order valence-electron chi connectivity index (χ3n) is 4.58. The molecule has 0 unspecified atom stereocenters. The van der Waals surface area contributed by atoms with E-state index >= 15 is 0 Å². The molecule has 0 saturated carbocycles. The van der Waals surface area contributed by atoms with Gasteiger partial charge in [0.15, 0.2) is 5.05 Å². The van der Waals surface area contributed by atoms with Gasteiger partial charge in [0.2, 0.25) is 0 Å². The number of hydrogen-bond acceptors (Lipinski definition) is 3. The van der Waals surface area contributed by atoms with Crippen molar-refractivity contribution in [2.24, 2.45) is 0 Å². The Kier molecular flexibility index (Phi) is 4.62. The molecule has 0 fully saturated rings. The number of nitrogens with zero attached hydrogens (tertiary/aromatic N) is 1. The average Bonchev–Trinajstić information content (AvgIpc) is 2.66. The summed E-state index contributed by atoms with van der Waals surface area (Å²) in [6.45, 7) is 0. The minimum absolute atomic E-state index is 0.163.